The van der Waals surface area contributed by atoms with Gasteiger partial charge in [-0.2, -0.15) is 8.42 Å². The third-order valence-corrected chi connectivity index (χ3v) is 0. The van der Waals surface area contributed by atoms with Crippen LogP contribution < -0.4 is 0 Å². The van der Waals surface area contributed by atoms with Crippen molar-refractivity contribution in [3.63, 3.8) is 0 Å². The standard InChI is InChI=1S/CH2O3.H2O4S.Sr.2H/c2-1(3)4;1-5(2,3)4;;;/h(H2,2,3,4);(H2,1,2,3,4);;;. The fourth-order valence-corrected chi connectivity index (χ4v) is 0. The molecule has 10 heavy (non-hydrogen) atoms. The van der Waals surface area contributed by atoms with Gasteiger partial charge in [-0.05, 0) is 0 Å². The first-order valence-corrected chi connectivity index (χ1v) is 2.75. The number of carbonyl (C=O) groups is 1. The topological polar surface area (TPSA) is 132 Å². The van der Waals surface area contributed by atoms with Gasteiger partial charge in [0.25, 0.3) is 0 Å². The first-order chi connectivity index (χ1) is 3.73. The molecule has 0 aliphatic carbocycles. The monoisotopic (exact) mass is 250 g/mol. The molecule has 0 heterocycles. The van der Waals surface area contributed by atoms with Crippen molar-refractivity contribution in [3.8, 4) is 0 Å². The summed E-state index contributed by atoms with van der Waals surface area (Å²) >= 11 is 0. The first kappa shape index (κ1) is 16.9. The molecule has 0 saturated carbocycles. The summed E-state index contributed by atoms with van der Waals surface area (Å²) in [6.07, 6.45) is -1.83. The SMILES string of the molecule is O=C(O)O.O=S(=O)(O)O.[SrH2]. The molecular formula is CH6O7SSr. The van der Waals surface area contributed by atoms with Gasteiger partial charge in [0, 0.05) is 0 Å². The van der Waals surface area contributed by atoms with Gasteiger partial charge < -0.3 is 10.2 Å². The van der Waals surface area contributed by atoms with E-state index in [0.29, 0.717) is 0 Å². The maximum absolute atomic E-state index is 8.74. The van der Waals surface area contributed by atoms with Crippen LogP contribution in [0.4, 0.5) is 4.79 Å². The summed E-state index contributed by atoms with van der Waals surface area (Å²) in [6.45, 7) is 0. The van der Waals surface area contributed by atoms with Crippen molar-refractivity contribution in [2.75, 3.05) is 0 Å². The Morgan fingerprint density at radius 3 is 1.10 bits per heavy atom. The number of rotatable bonds is 0. The Morgan fingerprint density at radius 2 is 1.10 bits per heavy atom. The molecule has 0 radical (unpaired) electrons. The van der Waals surface area contributed by atoms with E-state index in [1.807, 2.05) is 0 Å². The third-order valence-electron chi connectivity index (χ3n) is 0. The molecule has 0 bridgehead atoms. The third kappa shape index (κ3) is 1300. The molecule has 0 unspecified atom stereocenters. The van der Waals surface area contributed by atoms with E-state index in [-0.39, 0.29) is 45.5 Å². The van der Waals surface area contributed by atoms with E-state index in [0.717, 1.165) is 0 Å². The molecule has 4 N–H and O–H groups in total. The fourth-order valence-electron chi connectivity index (χ4n) is 0. The summed E-state index contributed by atoms with van der Waals surface area (Å²) in [5.74, 6) is 0. The Morgan fingerprint density at radius 1 is 1.10 bits per heavy atom. The van der Waals surface area contributed by atoms with E-state index in [2.05, 4.69) is 0 Å². The summed E-state index contributed by atoms with van der Waals surface area (Å²) in [5, 5.41) is 13.9. The summed E-state index contributed by atoms with van der Waals surface area (Å²) in [5.41, 5.74) is 0. The van der Waals surface area contributed by atoms with E-state index in [4.69, 9.17) is 32.5 Å². The van der Waals surface area contributed by atoms with Crippen molar-refractivity contribution in [1.82, 2.24) is 0 Å². The molecule has 0 aromatic rings. The van der Waals surface area contributed by atoms with Gasteiger partial charge in [-0.15, -0.1) is 0 Å². The van der Waals surface area contributed by atoms with Crippen molar-refractivity contribution >= 4 is 62.0 Å². The maximum atomic E-state index is 8.74. The fraction of sp³-hybridized carbons (Fsp3) is 0. The van der Waals surface area contributed by atoms with Gasteiger partial charge in [-0.25, -0.2) is 4.79 Å². The molecule has 0 fully saturated rings. The van der Waals surface area contributed by atoms with Crippen LogP contribution in [-0.4, -0.2) is 79.4 Å². The Hall–Kier alpha value is 0.621. The Balaban J connectivity index is -0.0000000910. The molecule has 0 aliphatic heterocycles. The number of hydrogen-bond donors (Lipinski definition) is 4. The second-order valence-electron chi connectivity index (χ2n) is 0.730. The normalized spacial score (nSPS) is 8.20. The summed E-state index contributed by atoms with van der Waals surface area (Å²) in [7, 11) is -4.67. The average Bonchev–Trinajstić information content (AvgIpc) is 1.19. The quantitative estimate of drug-likeness (QED) is 0.308. The molecule has 7 nitrogen and oxygen atoms in total. The Kier molecular flexibility index (Phi) is 13.1. The predicted molar refractivity (Wildman–Crippen MR) is 33.4 cm³/mol. The molecule has 9 heteroatoms. The van der Waals surface area contributed by atoms with Crippen LogP contribution in [0.25, 0.3) is 0 Å². The van der Waals surface area contributed by atoms with Gasteiger partial charge in [0.05, 0.1) is 0 Å². The zero-order valence-electron chi connectivity index (χ0n) is 3.92. The van der Waals surface area contributed by atoms with Crippen LogP contribution in [0.5, 0.6) is 0 Å². The summed E-state index contributed by atoms with van der Waals surface area (Å²) in [6, 6.07) is 0. The van der Waals surface area contributed by atoms with Crippen LogP contribution in [0.2, 0.25) is 0 Å². The average molecular weight is 250 g/mol. The summed E-state index contributed by atoms with van der Waals surface area (Å²) in [4.78, 5) is 8.56. The van der Waals surface area contributed by atoms with E-state index in [1.165, 1.54) is 0 Å². The van der Waals surface area contributed by atoms with Gasteiger partial charge in [-0.3, -0.25) is 9.11 Å². The zero-order valence-corrected chi connectivity index (χ0v) is 4.74. The van der Waals surface area contributed by atoms with Crippen LogP contribution in [0.3, 0.4) is 0 Å². The molecule has 0 rings (SSSR count). The van der Waals surface area contributed by atoms with Crippen LogP contribution in [-0.2, 0) is 10.4 Å². The van der Waals surface area contributed by atoms with E-state index >= 15 is 0 Å². The molecule has 0 saturated heterocycles. The summed E-state index contributed by atoms with van der Waals surface area (Å²) < 4.78 is 31.6. The molecule has 60 valence electrons. The van der Waals surface area contributed by atoms with E-state index < -0.39 is 16.6 Å². The van der Waals surface area contributed by atoms with Crippen LogP contribution in [0.15, 0.2) is 0 Å². The predicted octanol–water partition coefficient (Wildman–Crippen LogP) is -1.35. The van der Waals surface area contributed by atoms with Crippen molar-refractivity contribution < 1.29 is 32.5 Å². The Bertz CT molecular complexity index is 156. The molecule has 0 atom stereocenters. The molecule has 0 spiro atoms. The van der Waals surface area contributed by atoms with Crippen molar-refractivity contribution in [1.29, 1.82) is 0 Å². The van der Waals surface area contributed by atoms with Gasteiger partial charge in [0.2, 0.25) is 0 Å². The van der Waals surface area contributed by atoms with Crippen LogP contribution in [0.1, 0.15) is 0 Å². The molecular weight excluding hydrogens is 244 g/mol. The second kappa shape index (κ2) is 7.72. The molecule has 0 amide bonds. The minimum absolute atomic E-state index is 0. The van der Waals surface area contributed by atoms with Crippen molar-refractivity contribution in [2.24, 2.45) is 0 Å². The Labute approximate surface area is 93.5 Å². The molecule has 0 aromatic heterocycles. The van der Waals surface area contributed by atoms with E-state index in [9.17, 15) is 0 Å². The molecule has 0 aliphatic rings. The van der Waals surface area contributed by atoms with Crippen LogP contribution in [0, 0.1) is 0 Å². The zero-order chi connectivity index (χ0) is 8.08. The van der Waals surface area contributed by atoms with E-state index in [1.54, 1.807) is 0 Å². The van der Waals surface area contributed by atoms with Gasteiger partial charge >= 0.3 is 62.0 Å². The second-order valence-corrected chi connectivity index (χ2v) is 1.63. The minimum atomic E-state index is -4.67. The van der Waals surface area contributed by atoms with Gasteiger partial charge in [0.15, 0.2) is 0 Å². The first-order valence-electron chi connectivity index (χ1n) is 1.35. The van der Waals surface area contributed by atoms with Crippen molar-refractivity contribution in [3.05, 3.63) is 0 Å². The van der Waals surface area contributed by atoms with Gasteiger partial charge in [0.1, 0.15) is 0 Å². The molecule has 0 aromatic carbocycles. The number of hydrogen-bond acceptors (Lipinski definition) is 3. The van der Waals surface area contributed by atoms with Gasteiger partial charge in [-0.1, -0.05) is 0 Å². The van der Waals surface area contributed by atoms with Crippen LogP contribution >= 0.6 is 0 Å². The van der Waals surface area contributed by atoms with Crippen molar-refractivity contribution in [2.45, 2.75) is 0 Å². The number of carboxylic acid groups (broad SMARTS) is 2.